The average Bonchev–Trinajstić information content (AvgIpc) is 2.15. The zero-order chi connectivity index (χ0) is 12.5. The largest absolute Gasteiger partial charge is 0.295 e. The van der Waals surface area contributed by atoms with Crippen molar-refractivity contribution in [3.05, 3.63) is 34.4 Å². The third-order valence-electron chi connectivity index (χ3n) is 2.47. The molecule has 1 aromatic rings. The number of hydrogen-bond donors (Lipinski definition) is 0. The summed E-state index contributed by atoms with van der Waals surface area (Å²) in [6.45, 7) is 5.98. The van der Waals surface area contributed by atoms with Crippen molar-refractivity contribution in [1.82, 2.24) is 0 Å². The number of carbonyl (C=O) groups is 3. The van der Waals surface area contributed by atoms with Gasteiger partial charge in [-0.3, -0.25) is 14.4 Å². The first-order valence-corrected chi connectivity index (χ1v) is 5.02. The summed E-state index contributed by atoms with van der Waals surface area (Å²) in [5, 5.41) is 0. The second-order valence-electron chi connectivity index (χ2n) is 3.88. The number of hydrogen-bond acceptors (Lipinski definition) is 3. The summed E-state index contributed by atoms with van der Waals surface area (Å²) in [7, 11) is 0. The van der Waals surface area contributed by atoms with E-state index in [0.717, 1.165) is 0 Å². The number of ketones is 3. The fourth-order valence-electron chi connectivity index (χ4n) is 1.74. The molecule has 1 aromatic carbocycles. The molecule has 0 unspecified atom stereocenters. The molecule has 0 N–H and O–H groups in total. The standard InChI is InChI=1S/C13H14O3/c1-7-5-11(8(2)14)6-12(9(3)15)13(7)10(4)16/h5-6H,1-4H3. The van der Waals surface area contributed by atoms with Crippen molar-refractivity contribution >= 4 is 17.3 Å². The molecule has 0 aliphatic carbocycles. The van der Waals surface area contributed by atoms with Gasteiger partial charge in [-0.1, -0.05) is 0 Å². The molecule has 0 amide bonds. The number of benzene rings is 1. The Morgan fingerprint density at radius 3 is 1.81 bits per heavy atom. The summed E-state index contributed by atoms with van der Waals surface area (Å²) in [5.41, 5.74) is 1.88. The lowest BCUT2D eigenvalue weighted by Crippen LogP contribution is -2.09. The number of aryl methyl sites for hydroxylation is 1. The van der Waals surface area contributed by atoms with Crippen LogP contribution in [0.3, 0.4) is 0 Å². The molecule has 0 aliphatic heterocycles. The van der Waals surface area contributed by atoms with Crippen LogP contribution in [0.2, 0.25) is 0 Å². The maximum atomic E-state index is 11.4. The lowest BCUT2D eigenvalue weighted by molar-refractivity contribution is 0.0978. The van der Waals surface area contributed by atoms with Crippen LogP contribution in [0.4, 0.5) is 0 Å². The van der Waals surface area contributed by atoms with Gasteiger partial charge in [0.05, 0.1) is 0 Å². The molecule has 0 spiro atoms. The maximum Gasteiger partial charge on any atom is 0.160 e. The minimum Gasteiger partial charge on any atom is -0.295 e. The van der Waals surface area contributed by atoms with Gasteiger partial charge in [0.25, 0.3) is 0 Å². The van der Waals surface area contributed by atoms with Crippen LogP contribution in [0.15, 0.2) is 12.1 Å². The van der Waals surface area contributed by atoms with E-state index in [1.54, 1.807) is 13.0 Å². The molecule has 0 radical (unpaired) electrons. The van der Waals surface area contributed by atoms with Crippen LogP contribution < -0.4 is 0 Å². The van der Waals surface area contributed by atoms with Gasteiger partial charge in [-0.05, 0) is 45.4 Å². The number of carbonyl (C=O) groups excluding carboxylic acids is 3. The van der Waals surface area contributed by atoms with Gasteiger partial charge < -0.3 is 0 Å². The first-order chi connectivity index (χ1) is 7.34. The Bertz CT molecular complexity index is 484. The van der Waals surface area contributed by atoms with Crippen molar-refractivity contribution in [2.24, 2.45) is 0 Å². The third-order valence-corrected chi connectivity index (χ3v) is 2.47. The molecule has 84 valence electrons. The van der Waals surface area contributed by atoms with E-state index in [4.69, 9.17) is 0 Å². The highest BCUT2D eigenvalue weighted by Gasteiger charge is 2.16. The monoisotopic (exact) mass is 218 g/mol. The van der Waals surface area contributed by atoms with E-state index in [0.29, 0.717) is 22.3 Å². The van der Waals surface area contributed by atoms with Crippen molar-refractivity contribution in [3.8, 4) is 0 Å². The van der Waals surface area contributed by atoms with Crippen LogP contribution in [-0.4, -0.2) is 17.3 Å². The van der Waals surface area contributed by atoms with Gasteiger partial charge in [0.2, 0.25) is 0 Å². The Morgan fingerprint density at radius 1 is 0.875 bits per heavy atom. The van der Waals surface area contributed by atoms with Crippen LogP contribution in [0.5, 0.6) is 0 Å². The summed E-state index contributed by atoms with van der Waals surface area (Å²) < 4.78 is 0. The summed E-state index contributed by atoms with van der Waals surface area (Å²) >= 11 is 0. The summed E-state index contributed by atoms with van der Waals surface area (Å²) in [6, 6.07) is 3.14. The Hall–Kier alpha value is -1.77. The number of Topliss-reactive ketones (excluding diaryl/α,β-unsaturated/α-hetero) is 3. The molecule has 16 heavy (non-hydrogen) atoms. The molecule has 0 aromatic heterocycles. The van der Waals surface area contributed by atoms with Gasteiger partial charge in [0, 0.05) is 16.7 Å². The van der Waals surface area contributed by atoms with E-state index in [2.05, 4.69) is 0 Å². The molecular formula is C13H14O3. The fourth-order valence-corrected chi connectivity index (χ4v) is 1.74. The van der Waals surface area contributed by atoms with E-state index >= 15 is 0 Å². The Kier molecular flexibility index (Phi) is 3.38. The summed E-state index contributed by atoms with van der Waals surface area (Å²) in [5.74, 6) is -0.463. The van der Waals surface area contributed by atoms with E-state index in [-0.39, 0.29) is 17.3 Å². The molecule has 0 saturated carbocycles. The molecular weight excluding hydrogens is 204 g/mol. The van der Waals surface area contributed by atoms with E-state index in [9.17, 15) is 14.4 Å². The predicted molar refractivity (Wildman–Crippen MR) is 61.2 cm³/mol. The van der Waals surface area contributed by atoms with Crippen LogP contribution in [-0.2, 0) is 0 Å². The lowest BCUT2D eigenvalue weighted by Gasteiger charge is -2.09. The highest BCUT2D eigenvalue weighted by atomic mass is 16.1. The van der Waals surface area contributed by atoms with Crippen LogP contribution in [0.1, 0.15) is 57.4 Å². The Morgan fingerprint density at radius 2 is 1.44 bits per heavy atom. The normalized spacial score (nSPS) is 10.0. The first kappa shape index (κ1) is 12.3. The van der Waals surface area contributed by atoms with Crippen molar-refractivity contribution in [2.45, 2.75) is 27.7 Å². The second kappa shape index (κ2) is 4.39. The fraction of sp³-hybridized carbons (Fsp3) is 0.308. The van der Waals surface area contributed by atoms with Gasteiger partial charge in [0.15, 0.2) is 17.3 Å². The van der Waals surface area contributed by atoms with Crippen molar-refractivity contribution < 1.29 is 14.4 Å². The SMILES string of the molecule is CC(=O)c1cc(C)c(C(C)=O)c(C(C)=O)c1. The highest BCUT2D eigenvalue weighted by molar-refractivity contribution is 6.10. The van der Waals surface area contributed by atoms with E-state index in [1.165, 1.54) is 26.8 Å². The van der Waals surface area contributed by atoms with Gasteiger partial charge in [-0.25, -0.2) is 0 Å². The molecule has 0 fully saturated rings. The minimum atomic E-state index is -0.198. The van der Waals surface area contributed by atoms with Gasteiger partial charge in [-0.2, -0.15) is 0 Å². The quantitative estimate of drug-likeness (QED) is 0.733. The molecule has 0 saturated heterocycles. The number of rotatable bonds is 3. The molecule has 1 rings (SSSR count). The molecule has 3 nitrogen and oxygen atoms in total. The van der Waals surface area contributed by atoms with Gasteiger partial charge in [-0.15, -0.1) is 0 Å². The third kappa shape index (κ3) is 2.24. The smallest absolute Gasteiger partial charge is 0.160 e. The minimum absolute atomic E-state index is 0.110. The summed E-state index contributed by atoms with van der Waals surface area (Å²) in [4.78, 5) is 34.1. The second-order valence-corrected chi connectivity index (χ2v) is 3.88. The Labute approximate surface area is 94.5 Å². The molecule has 0 heterocycles. The van der Waals surface area contributed by atoms with Crippen molar-refractivity contribution in [2.75, 3.05) is 0 Å². The van der Waals surface area contributed by atoms with Gasteiger partial charge >= 0.3 is 0 Å². The lowest BCUT2D eigenvalue weighted by atomic mass is 9.93. The van der Waals surface area contributed by atoms with E-state index < -0.39 is 0 Å². The first-order valence-electron chi connectivity index (χ1n) is 5.02. The summed E-state index contributed by atoms with van der Waals surface area (Å²) in [6.07, 6.45) is 0. The van der Waals surface area contributed by atoms with Crippen molar-refractivity contribution in [3.63, 3.8) is 0 Å². The van der Waals surface area contributed by atoms with Crippen LogP contribution in [0, 0.1) is 6.92 Å². The highest BCUT2D eigenvalue weighted by Crippen LogP contribution is 2.19. The van der Waals surface area contributed by atoms with Crippen LogP contribution >= 0.6 is 0 Å². The molecule has 0 bridgehead atoms. The predicted octanol–water partition coefficient (Wildman–Crippen LogP) is 2.60. The average molecular weight is 218 g/mol. The molecule has 3 heteroatoms. The zero-order valence-electron chi connectivity index (χ0n) is 9.88. The Balaban J connectivity index is 3.58. The maximum absolute atomic E-state index is 11.4. The molecule has 0 aliphatic rings. The molecule has 0 atom stereocenters. The van der Waals surface area contributed by atoms with Crippen LogP contribution in [0.25, 0.3) is 0 Å². The topological polar surface area (TPSA) is 51.2 Å². The van der Waals surface area contributed by atoms with Crippen molar-refractivity contribution in [1.29, 1.82) is 0 Å². The van der Waals surface area contributed by atoms with Gasteiger partial charge in [0.1, 0.15) is 0 Å². The van der Waals surface area contributed by atoms with E-state index in [1.807, 2.05) is 0 Å². The zero-order valence-corrected chi connectivity index (χ0v) is 9.88.